The topological polar surface area (TPSA) is 73.9 Å². The molecule has 0 spiro atoms. The monoisotopic (exact) mass is 374 g/mol. The molecule has 0 aromatic heterocycles. The molecule has 0 heterocycles. The summed E-state index contributed by atoms with van der Waals surface area (Å²) in [6.45, 7) is 2.11. The van der Waals surface area contributed by atoms with Crippen LogP contribution in [0.5, 0.6) is 5.75 Å². The van der Waals surface area contributed by atoms with E-state index in [9.17, 15) is 9.59 Å². The second-order valence-corrected chi connectivity index (χ2v) is 7.13. The standard InChI is InChI=1S/C20H30N4O3/c1-23(2)12-6-11-21-17-18(20(26)19(17)25)22-13-16(24(3)4)14-7-9-15(27-5)10-8-14/h7-10,16,21-22H,6,11-13H2,1-5H3. The van der Waals surface area contributed by atoms with E-state index in [0.717, 1.165) is 24.3 Å². The molecular weight excluding hydrogens is 344 g/mol. The Labute approximate surface area is 160 Å². The fourth-order valence-electron chi connectivity index (χ4n) is 2.96. The van der Waals surface area contributed by atoms with Crippen LogP contribution in [0.2, 0.25) is 0 Å². The van der Waals surface area contributed by atoms with E-state index >= 15 is 0 Å². The lowest BCUT2D eigenvalue weighted by Gasteiger charge is -2.26. The van der Waals surface area contributed by atoms with Crippen LogP contribution in [0.25, 0.3) is 0 Å². The molecule has 7 nitrogen and oxygen atoms in total. The lowest BCUT2D eigenvalue weighted by molar-refractivity contribution is 0.311. The Bertz CT molecular complexity index is 793. The molecule has 0 fully saturated rings. The van der Waals surface area contributed by atoms with Gasteiger partial charge in [0.05, 0.1) is 13.2 Å². The highest BCUT2D eigenvalue weighted by atomic mass is 16.5. The number of ether oxygens (including phenoxy) is 1. The smallest absolute Gasteiger partial charge is 0.253 e. The first-order valence-electron chi connectivity index (χ1n) is 9.11. The van der Waals surface area contributed by atoms with Crippen LogP contribution in [-0.2, 0) is 0 Å². The lowest BCUT2D eigenvalue weighted by atomic mass is 10.0. The Balaban J connectivity index is 2.01. The summed E-state index contributed by atoms with van der Waals surface area (Å²) in [4.78, 5) is 28.0. The number of nitrogens with zero attached hydrogens (tertiary/aromatic N) is 2. The molecule has 0 amide bonds. The Morgan fingerprint density at radius 1 is 0.963 bits per heavy atom. The van der Waals surface area contributed by atoms with Gasteiger partial charge in [0, 0.05) is 13.1 Å². The summed E-state index contributed by atoms with van der Waals surface area (Å²) in [5, 5.41) is 6.27. The van der Waals surface area contributed by atoms with Crippen molar-refractivity contribution in [3.05, 3.63) is 50.3 Å². The largest absolute Gasteiger partial charge is 0.497 e. The first kappa shape index (κ1) is 20.9. The molecule has 7 heteroatoms. The molecule has 1 atom stereocenters. The average molecular weight is 374 g/mol. The van der Waals surface area contributed by atoms with E-state index in [1.807, 2.05) is 52.5 Å². The van der Waals surface area contributed by atoms with Gasteiger partial charge in [0.1, 0.15) is 17.1 Å². The van der Waals surface area contributed by atoms with E-state index in [-0.39, 0.29) is 6.04 Å². The molecule has 2 rings (SSSR count). The van der Waals surface area contributed by atoms with E-state index < -0.39 is 10.9 Å². The van der Waals surface area contributed by atoms with Crippen molar-refractivity contribution in [1.29, 1.82) is 0 Å². The zero-order chi connectivity index (χ0) is 20.0. The van der Waals surface area contributed by atoms with E-state index in [1.54, 1.807) is 7.11 Å². The quantitative estimate of drug-likeness (QED) is 0.454. The molecule has 2 N–H and O–H groups in total. The van der Waals surface area contributed by atoms with Crippen LogP contribution in [0, 0.1) is 0 Å². The zero-order valence-electron chi connectivity index (χ0n) is 16.8. The number of rotatable bonds is 11. The summed E-state index contributed by atoms with van der Waals surface area (Å²) in [6, 6.07) is 7.91. The zero-order valence-corrected chi connectivity index (χ0v) is 16.8. The van der Waals surface area contributed by atoms with Crippen molar-refractivity contribution >= 4 is 11.4 Å². The van der Waals surface area contributed by atoms with Gasteiger partial charge >= 0.3 is 0 Å². The highest BCUT2D eigenvalue weighted by Crippen LogP contribution is 2.23. The fraction of sp³-hybridized carbons (Fsp3) is 0.500. The maximum absolute atomic E-state index is 12.0. The Morgan fingerprint density at radius 2 is 1.56 bits per heavy atom. The molecule has 0 saturated carbocycles. The first-order valence-corrected chi connectivity index (χ1v) is 9.11. The minimum absolute atomic E-state index is 0.0573. The average Bonchev–Trinajstić information content (AvgIpc) is 2.65. The van der Waals surface area contributed by atoms with Crippen molar-refractivity contribution in [1.82, 2.24) is 9.80 Å². The van der Waals surface area contributed by atoms with E-state index in [1.165, 1.54) is 0 Å². The third-order valence-corrected chi connectivity index (χ3v) is 4.59. The number of benzene rings is 1. The molecule has 1 unspecified atom stereocenters. The number of anilines is 2. The second kappa shape index (κ2) is 9.53. The van der Waals surface area contributed by atoms with Gasteiger partial charge in [-0.05, 0) is 58.9 Å². The molecule has 0 aliphatic carbocycles. The molecule has 0 radical (unpaired) electrons. The van der Waals surface area contributed by atoms with Crippen LogP contribution in [0.3, 0.4) is 0 Å². The number of likely N-dealkylation sites (N-methyl/N-ethyl adjacent to an activating group) is 1. The number of nitrogens with one attached hydrogen (secondary N) is 2. The van der Waals surface area contributed by atoms with Crippen LogP contribution < -0.4 is 26.2 Å². The molecular formula is C20H30N4O3. The van der Waals surface area contributed by atoms with Crippen molar-refractivity contribution in [3.63, 3.8) is 0 Å². The molecule has 2 aromatic carbocycles. The van der Waals surface area contributed by atoms with Crippen LogP contribution in [0.1, 0.15) is 18.0 Å². The van der Waals surface area contributed by atoms with Gasteiger partial charge in [0.25, 0.3) is 10.9 Å². The molecule has 2 aromatic rings. The number of methoxy groups -OCH3 is 1. The maximum Gasteiger partial charge on any atom is 0.253 e. The number of hydrogen-bond donors (Lipinski definition) is 2. The predicted molar refractivity (Wildman–Crippen MR) is 111 cm³/mol. The van der Waals surface area contributed by atoms with Crippen LogP contribution in [0.4, 0.5) is 11.4 Å². The molecule has 0 saturated heterocycles. The highest BCUT2D eigenvalue weighted by molar-refractivity contribution is 5.74. The Hall–Kier alpha value is -2.38. The van der Waals surface area contributed by atoms with Crippen LogP contribution in [-0.4, -0.2) is 64.7 Å². The number of hydrogen-bond acceptors (Lipinski definition) is 7. The van der Waals surface area contributed by atoms with Gasteiger partial charge in [-0.25, -0.2) is 0 Å². The summed E-state index contributed by atoms with van der Waals surface area (Å²) in [5.41, 5.74) is 1.02. The van der Waals surface area contributed by atoms with Gasteiger partial charge in [0.2, 0.25) is 0 Å². The molecule has 27 heavy (non-hydrogen) atoms. The van der Waals surface area contributed by atoms with Gasteiger partial charge in [0.15, 0.2) is 0 Å². The highest BCUT2D eigenvalue weighted by Gasteiger charge is 2.22. The Morgan fingerprint density at radius 3 is 2.07 bits per heavy atom. The van der Waals surface area contributed by atoms with Gasteiger partial charge in [-0.2, -0.15) is 0 Å². The van der Waals surface area contributed by atoms with Crippen molar-refractivity contribution in [2.75, 3.05) is 65.6 Å². The molecule has 0 aliphatic rings. The minimum atomic E-state index is -0.447. The van der Waals surface area contributed by atoms with Crippen molar-refractivity contribution in [2.24, 2.45) is 0 Å². The fourth-order valence-corrected chi connectivity index (χ4v) is 2.96. The third kappa shape index (κ3) is 5.30. The van der Waals surface area contributed by atoms with E-state index in [0.29, 0.717) is 24.5 Å². The third-order valence-electron chi connectivity index (χ3n) is 4.59. The van der Waals surface area contributed by atoms with Gasteiger partial charge in [-0.15, -0.1) is 0 Å². The summed E-state index contributed by atoms with van der Waals surface area (Å²) in [6.07, 6.45) is 0.900. The Kier molecular flexibility index (Phi) is 7.38. The van der Waals surface area contributed by atoms with Crippen molar-refractivity contribution < 1.29 is 4.74 Å². The van der Waals surface area contributed by atoms with Crippen LogP contribution >= 0.6 is 0 Å². The van der Waals surface area contributed by atoms with Gasteiger partial charge in [-0.1, -0.05) is 12.1 Å². The molecule has 148 valence electrons. The molecule has 0 bridgehead atoms. The maximum atomic E-state index is 12.0. The summed E-state index contributed by atoms with van der Waals surface area (Å²) >= 11 is 0. The molecule has 0 aliphatic heterocycles. The summed E-state index contributed by atoms with van der Waals surface area (Å²) in [5.74, 6) is 0.802. The lowest BCUT2D eigenvalue weighted by Crippen LogP contribution is -2.39. The van der Waals surface area contributed by atoms with Crippen LogP contribution in [0.15, 0.2) is 33.9 Å². The first-order chi connectivity index (χ1) is 12.8. The van der Waals surface area contributed by atoms with Gasteiger partial charge in [-0.3, -0.25) is 9.59 Å². The summed E-state index contributed by atoms with van der Waals surface area (Å²) in [7, 11) is 9.62. The van der Waals surface area contributed by atoms with Crippen molar-refractivity contribution in [2.45, 2.75) is 12.5 Å². The van der Waals surface area contributed by atoms with E-state index in [4.69, 9.17) is 4.74 Å². The predicted octanol–water partition coefficient (Wildman–Crippen LogP) is 1.37. The van der Waals surface area contributed by atoms with E-state index in [2.05, 4.69) is 20.4 Å². The summed E-state index contributed by atoms with van der Waals surface area (Å²) < 4.78 is 5.21. The van der Waals surface area contributed by atoms with Crippen molar-refractivity contribution in [3.8, 4) is 5.75 Å². The van der Waals surface area contributed by atoms with Gasteiger partial charge < -0.3 is 25.2 Å². The SMILES string of the molecule is COc1ccc(C(CNc2c(NCCCN(C)C)c(=O)c2=O)N(C)C)cc1. The normalized spacial score (nSPS) is 12.6. The minimum Gasteiger partial charge on any atom is -0.497 e. The second-order valence-electron chi connectivity index (χ2n) is 7.13.